The molecule has 20 heavy (non-hydrogen) atoms. The summed E-state index contributed by atoms with van der Waals surface area (Å²) >= 11 is 2.17. The molecule has 0 bridgehead atoms. The monoisotopic (exact) mass is 385 g/mol. The molecule has 2 rings (SSSR count). The second kappa shape index (κ2) is 5.82. The van der Waals surface area contributed by atoms with Crippen LogP contribution in [0, 0.1) is 13.7 Å². The SMILES string of the molecule is O=c1[nH]c(/C=C/c2ccc(I)cc2)nc(O)c1[N+](=O)[O-]. The molecule has 1 aromatic carbocycles. The average Bonchev–Trinajstić information content (AvgIpc) is 2.37. The van der Waals surface area contributed by atoms with E-state index in [1.807, 2.05) is 24.3 Å². The fraction of sp³-hybridized carbons (Fsp3) is 0. The highest BCUT2D eigenvalue weighted by atomic mass is 127. The van der Waals surface area contributed by atoms with Crippen LogP contribution in [0.3, 0.4) is 0 Å². The van der Waals surface area contributed by atoms with Gasteiger partial charge in [-0.15, -0.1) is 0 Å². The number of nitrogens with one attached hydrogen (secondary N) is 1. The van der Waals surface area contributed by atoms with Gasteiger partial charge in [-0.25, -0.2) is 0 Å². The Hall–Kier alpha value is -2.23. The van der Waals surface area contributed by atoms with Gasteiger partial charge in [0.15, 0.2) is 0 Å². The van der Waals surface area contributed by atoms with Crippen LogP contribution >= 0.6 is 22.6 Å². The maximum absolute atomic E-state index is 11.4. The summed E-state index contributed by atoms with van der Waals surface area (Å²) < 4.78 is 1.08. The van der Waals surface area contributed by atoms with E-state index in [0.29, 0.717) is 0 Å². The Bertz CT molecular complexity index is 737. The highest BCUT2D eigenvalue weighted by Crippen LogP contribution is 2.17. The molecule has 2 aromatic rings. The van der Waals surface area contributed by atoms with E-state index in [4.69, 9.17) is 0 Å². The molecule has 0 saturated carbocycles. The van der Waals surface area contributed by atoms with Crippen LogP contribution < -0.4 is 5.56 Å². The van der Waals surface area contributed by atoms with Crippen molar-refractivity contribution in [2.24, 2.45) is 0 Å². The lowest BCUT2D eigenvalue weighted by atomic mass is 10.2. The molecule has 0 aliphatic rings. The largest absolute Gasteiger partial charge is 0.488 e. The van der Waals surface area contributed by atoms with Crippen LogP contribution in [0.2, 0.25) is 0 Å². The van der Waals surface area contributed by atoms with Crippen molar-refractivity contribution in [3.05, 3.63) is 59.7 Å². The zero-order chi connectivity index (χ0) is 14.7. The summed E-state index contributed by atoms with van der Waals surface area (Å²) in [5.74, 6) is -0.863. The first-order valence-electron chi connectivity index (χ1n) is 5.38. The van der Waals surface area contributed by atoms with Crippen LogP contribution in [0.15, 0.2) is 29.1 Å². The molecule has 0 amide bonds. The lowest BCUT2D eigenvalue weighted by Crippen LogP contribution is -2.14. The highest BCUT2D eigenvalue weighted by Gasteiger charge is 2.21. The molecular formula is C12H8IN3O4. The third-order valence-corrected chi connectivity index (χ3v) is 3.10. The molecule has 8 heteroatoms. The van der Waals surface area contributed by atoms with E-state index in [1.54, 1.807) is 6.08 Å². The molecule has 2 N–H and O–H groups in total. The van der Waals surface area contributed by atoms with Crippen molar-refractivity contribution in [1.82, 2.24) is 9.97 Å². The van der Waals surface area contributed by atoms with E-state index in [0.717, 1.165) is 9.13 Å². The minimum atomic E-state index is -0.996. The van der Waals surface area contributed by atoms with Crippen molar-refractivity contribution in [1.29, 1.82) is 0 Å². The van der Waals surface area contributed by atoms with Gasteiger partial charge in [-0.05, 0) is 46.4 Å². The van der Waals surface area contributed by atoms with E-state index in [2.05, 4.69) is 32.6 Å². The maximum Gasteiger partial charge on any atom is 0.395 e. The predicted octanol–water partition coefficient (Wildman–Crippen LogP) is 2.16. The Morgan fingerprint density at radius 1 is 1.30 bits per heavy atom. The maximum atomic E-state index is 11.4. The number of halogens is 1. The van der Waals surface area contributed by atoms with Gasteiger partial charge in [0.2, 0.25) is 0 Å². The molecule has 0 atom stereocenters. The fourth-order valence-corrected chi connectivity index (χ4v) is 1.82. The lowest BCUT2D eigenvalue weighted by molar-refractivity contribution is -0.387. The van der Waals surface area contributed by atoms with Crippen molar-refractivity contribution in [3.8, 4) is 5.88 Å². The molecule has 102 valence electrons. The second-order valence-electron chi connectivity index (χ2n) is 3.77. The summed E-state index contributed by atoms with van der Waals surface area (Å²) in [6, 6.07) is 7.54. The lowest BCUT2D eigenvalue weighted by Gasteiger charge is -1.97. The Balaban J connectivity index is 2.33. The van der Waals surface area contributed by atoms with Crippen LogP contribution in [0.4, 0.5) is 5.69 Å². The third kappa shape index (κ3) is 3.20. The van der Waals surface area contributed by atoms with E-state index in [9.17, 15) is 20.0 Å². The van der Waals surface area contributed by atoms with E-state index in [1.165, 1.54) is 6.08 Å². The predicted molar refractivity (Wildman–Crippen MR) is 81.3 cm³/mol. The van der Waals surface area contributed by atoms with Gasteiger partial charge in [0, 0.05) is 3.57 Å². The summed E-state index contributed by atoms with van der Waals surface area (Å²) in [6.45, 7) is 0. The minimum absolute atomic E-state index is 0.0386. The highest BCUT2D eigenvalue weighted by molar-refractivity contribution is 14.1. The molecule has 0 aliphatic heterocycles. The molecule has 0 radical (unpaired) electrons. The van der Waals surface area contributed by atoms with E-state index in [-0.39, 0.29) is 5.82 Å². The molecule has 0 spiro atoms. The first-order chi connectivity index (χ1) is 9.47. The molecule has 0 saturated heterocycles. The van der Waals surface area contributed by atoms with E-state index >= 15 is 0 Å². The van der Waals surface area contributed by atoms with Gasteiger partial charge in [0.25, 0.3) is 5.88 Å². The number of H-pyrrole nitrogens is 1. The minimum Gasteiger partial charge on any atom is -0.488 e. The van der Waals surface area contributed by atoms with Crippen molar-refractivity contribution in [3.63, 3.8) is 0 Å². The normalized spacial score (nSPS) is 10.8. The molecular weight excluding hydrogens is 377 g/mol. The van der Waals surface area contributed by atoms with Gasteiger partial charge in [0.1, 0.15) is 5.82 Å². The van der Waals surface area contributed by atoms with Crippen LogP contribution in [0.5, 0.6) is 5.88 Å². The molecule has 0 aliphatic carbocycles. The molecule has 1 aromatic heterocycles. The van der Waals surface area contributed by atoms with Gasteiger partial charge in [-0.1, -0.05) is 18.2 Å². The van der Waals surface area contributed by atoms with Gasteiger partial charge in [-0.3, -0.25) is 14.9 Å². The number of benzene rings is 1. The quantitative estimate of drug-likeness (QED) is 0.478. The number of rotatable bonds is 3. The summed E-state index contributed by atoms with van der Waals surface area (Å²) in [5.41, 5.74) is -1.09. The zero-order valence-electron chi connectivity index (χ0n) is 9.91. The van der Waals surface area contributed by atoms with Crippen molar-refractivity contribution in [2.45, 2.75) is 0 Å². The number of aromatic amines is 1. The Labute approximate surface area is 126 Å². The Kier molecular flexibility index (Phi) is 4.13. The topological polar surface area (TPSA) is 109 Å². The molecule has 7 nitrogen and oxygen atoms in total. The smallest absolute Gasteiger partial charge is 0.395 e. The summed E-state index contributed by atoms with van der Waals surface area (Å²) in [6.07, 6.45) is 3.12. The summed E-state index contributed by atoms with van der Waals surface area (Å²) in [4.78, 5) is 26.8. The van der Waals surface area contributed by atoms with Crippen LogP contribution in [-0.2, 0) is 0 Å². The first-order valence-corrected chi connectivity index (χ1v) is 6.46. The van der Waals surface area contributed by atoms with Gasteiger partial charge in [0.05, 0.1) is 4.92 Å². The average molecular weight is 385 g/mol. The van der Waals surface area contributed by atoms with Crippen LogP contribution in [0.25, 0.3) is 12.2 Å². The van der Waals surface area contributed by atoms with Gasteiger partial charge in [-0.2, -0.15) is 4.98 Å². The third-order valence-electron chi connectivity index (χ3n) is 2.38. The fourth-order valence-electron chi connectivity index (χ4n) is 1.46. The van der Waals surface area contributed by atoms with Crippen LogP contribution in [-0.4, -0.2) is 20.0 Å². The van der Waals surface area contributed by atoms with Crippen molar-refractivity contribution in [2.75, 3.05) is 0 Å². The number of aromatic hydroxyl groups is 1. The zero-order valence-corrected chi connectivity index (χ0v) is 12.1. The van der Waals surface area contributed by atoms with Gasteiger partial charge < -0.3 is 10.1 Å². The Morgan fingerprint density at radius 3 is 2.50 bits per heavy atom. The number of hydrogen-bond donors (Lipinski definition) is 2. The van der Waals surface area contributed by atoms with Crippen LogP contribution in [0.1, 0.15) is 11.4 Å². The second-order valence-corrected chi connectivity index (χ2v) is 5.01. The van der Waals surface area contributed by atoms with Crippen molar-refractivity contribution >= 4 is 40.4 Å². The summed E-state index contributed by atoms with van der Waals surface area (Å²) in [7, 11) is 0. The first kappa shape index (κ1) is 14.2. The number of hydrogen-bond acceptors (Lipinski definition) is 5. The Morgan fingerprint density at radius 2 is 1.95 bits per heavy atom. The molecule has 0 fully saturated rings. The van der Waals surface area contributed by atoms with E-state index < -0.39 is 22.0 Å². The molecule has 0 unspecified atom stereocenters. The standard InChI is InChI=1S/C12H8IN3O4/c13-8-4-1-7(2-5-8)3-6-9-14-11(17)10(16(19)20)12(18)15-9/h1-6H,(H2,14,15,17,18)/b6-3+. The van der Waals surface area contributed by atoms with Gasteiger partial charge >= 0.3 is 11.2 Å². The summed E-state index contributed by atoms with van der Waals surface area (Å²) in [5, 5.41) is 19.9. The van der Waals surface area contributed by atoms with Crippen molar-refractivity contribution < 1.29 is 10.0 Å². The number of nitrogens with zero attached hydrogens (tertiary/aromatic N) is 2. The number of nitro groups is 1. The molecule has 1 heterocycles. The number of aromatic nitrogens is 2.